The number of fused-ring (bicyclic) bond motifs is 1. The fourth-order valence-corrected chi connectivity index (χ4v) is 3.01. The molecule has 0 aliphatic carbocycles. The molecule has 1 aromatic heterocycles. The Hall–Kier alpha value is -1.50. The van der Waals surface area contributed by atoms with E-state index in [0.717, 1.165) is 15.3 Å². The van der Waals surface area contributed by atoms with Crippen molar-refractivity contribution in [3.63, 3.8) is 0 Å². The van der Waals surface area contributed by atoms with Gasteiger partial charge in [-0.3, -0.25) is 14.6 Å². The molecule has 1 heterocycles. The highest BCUT2D eigenvalue weighted by molar-refractivity contribution is 7.22. The summed E-state index contributed by atoms with van der Waals surface area (Å²) in [5.41, 5.74) is 0.919. The topological polar surface area (TPSA) is 56.7 Å². The predicted octanol–water partition coefficient (Wildman–Crippen LogP) is 1.57. The second kappa shape index (κ2) is 6.78. The van der Waals surface area contributed by atoms with Crippen molar-refractivity contribution in [1.82, 2.24) is 9.88 Å². The molecule has 20 heavy (non-hydrogen) atoms. The van der Waals surface area contributed by atoms with E-state index in [9.17, 15) is 4.79 Å². The van der Waals surface area contributed by atoms with Crippen molar-refractivity contribution in [2.24, 2.45) is 0 Å². The van der Waals surface area contributed by atoms with E-state index >= 15 is 0 Å². The molecule has 0 spiro atoms. The second-order valence-corrected chi connectivity index (χ2v) is 5.57. The molecule has 1 N–H and O–H groups in total. The van der Waals surface area contributed by atoms with E-state index in [1.54, 1.807) is 9.80 Å². The lowest BCUT2D eigenvalue weighted by atomic mass is 10.3. The van der Waals surface area contributed by atoms with E-state index in [1.165, 1.54) is 11.3 Å². The van der Waals surface area contributed by atoms with Gasteiger partial charge in [-0.25, -0.2) is 4.98 Å². The van der Waals surface area contributed by atoms with E-state index in [0.29, 0.717) is 13.1 Å². The number of hydrogen-bond donors (Lipinski definition) is 1. The van der Waals surface area contributed by atoms with Gasteiger partial charge in [-0.15, -0.1) is 0 Å². The van der Waals surface area contributed by atoms with Gasteiger partial charge in [-0.1, -0.05) is 23.5 Å². The first-order chi connectivity index (χ1) is 9.65. The maximum atomic E-state index is 12.3. The maximum Gasteiger partial charge on any atom is 0.242 e. The van der Waals surface area contributed by atoms with Gasteiger partial charge < -0.3 is 5.11 Å². The smallest absolute Gasteiger partial charge is 0.242 e. The number of thiazole rings is 1. The van der Waals surface area contributed by atoms with Crippen LogP contribution in [0.15, 0.2) is 24.3 Å². The lowest BCUT2D eigenvalue weighted by Gasteiger charge is -2.21. The van der Waals surface area contributed by atoms with Crippen LogP contribution in [0.25, 0.3) is 10.2 Å². The SMILES string of the molecule is CCN(C(=O)CN(C)CCO)c1nc2ccccc2s1. The fourth-order valence-electron chi connectivity index (χ4n) is 1.96. The Labute approximate surface area is 122 Å². The van der Waals surface area contributed by atoms with Gasteiger partial charge in [0.05, 0.1) is 23.4 Å². The highest BCUT2D eigenvalue weighted by Crippen LogP contribution is 2.28. The summed E-state index contributed by atoms with van der Waals surface area (Å²) in [6, 6.07) is 7.87. The van der Waals surface area contributed by atoms with Crippen molar-refractivity contribution in [2.75, 3.05) is 38.2 Å². The van der Waals surface area contributed by atoms with E-state index in [4.69, 9.17) is 5.11 Å². The molecule has 0 aliphatic rings. The zero-order valence-electron chi connectivity index (χ0n) is 11.7. The molecule has 0 unspecified atom stereocenters. The number of aromatic nitrogens is 1. The zero-order valence-corrected chi connectivity index (χ0v) is 12.6. The molecule has 0 fully saturated rings. The molecule has 108 valence electrons. The van der Waals surface area contributed by atoms with Crippen LogP contribution < -0.4 is 4.90 Å². The molecule has 1 amide bonds. The van der Waals surface area contributed by atoms with Gasteiger partial charge in [0.2, 0.25) is 5.91 Å². The van der Waals surface area contributed by atoms with Crippen LogP contribution in [0.5, 0.6) is 0 Å². The van der Waals surface area contributed by atoms with Gasteiger partial charge in [0.25, 0.3) is 0 Å². The second-order valence-electron chi connectivity index (χ2n) is 4.56. The highest BCUT2D eigenvalue weighted by atomic mass is 32.1. The molecule has 0 saturated carbocycles. The third-order valence-electron chi connectivity index (χ3n) is 3.02. The van der Waals surface area contributed by atoms with Gasteiger partial charge >= 0.3 is 0 Å². The largest absolute Gasteiger partial charge is 0.395 e. The van der Waals surface area contributed by atoms with Crippen molar-refractivity contribution in [3.05, 3.63) is 24.3 Å². The molecule has 0 aliphatic heterocycles. The van der Waals surface area contributed by atoms with Crippen molar-refractivity contribution in [2.45, 2.75) is 6.92 Å². The molecule has 2 rings (SSSR count). The van der Waals surface area contributed by atoms with Crippen LogP contribution in [-0.2, 0) is 4.79 Å². The van der Waals surface area contributed by atoms with Crippen molar-refractivity contribution < 1.29 is 9.90 Å². The van der Waals surface area contributed by atoms with Gasteiger partial charge in [-0.05, 0) is 26.1 Å². The number of aliphatic hydroxyl groups excluding tert-OH is 1. The molecule has 1 aromatic carbocycles. The molecule has 2 aromatic rings. The Bertz CT molecular complexity index is 552. The number of carbonyl (C=O) groups is 1. The van der Waals surface area contributed by atoms with Gasteiger partial charge in [0.1, 0.15) is 0 Å². The Kier molecular flexibility index (Phi) is 5.05. The minimum atomic E-state index is 0.00232. The monoisotopic (exact) mass is 293 g/mol. The number of anilines is 1. The number of hydrogen-bond acceptors (Lipinski definition) is 5. The van der Waals surface area contributed by atoms with Crippen LogP contribution in [-0.4, -0.2) is 54.2 Å². The third-order valence-corrected chi connectivity index (χ3v) is 4.08. The van der Waals surface area contributed by atoms with Crippen LogP contribution >= 0.6 is 11.3 Å². The number of amides is 1. The number of likely N-dealkylation sites (N-methyl/N-ethyl adjacent to an activating group) is 2. The number of carbonyl (C=O) groups excluding carboxylic acids is 1. The quantitative estimate of drug-likeness (QED) is 0.878. The highest BCUT2D eigenvalue weighted by Gasteiger charge is 2.19. The summed E-state index contributed by atoms with van der Waals surface area (Å²) in [7, 11) is 1.82. The van der Waals surface area contributed by atoms with Crippen LogP contribution in [0.4, 0.5) is 5.13 Å². The summed E-state index contributed by atoms with van der Waals surface area (Å²) in [5, 5.41) is 9.61. The first kappa shape index (κ1) is 14.9. The summed E-state index contributed by atoms with van der Waals surface area (Å²) in [4.78, 5) is 20.3. The van der Waals surface area contributed by atoms with E-state index in [1.807, 2.05) is 38.2 Å². The predicted molar refractivity (Wildman–Crippen MR) is 82.2 cm³/mol. The minimum Gasteiger partial charge on any atom is -0.395 e. The third kappa shape index (κ3) is 3.33. The summed E-state index contributed by atoms with van der Waals surface area (Å²) < 4.78 is 1.08. The zero-order chi connectivity index (χ0) is 14.5. The average Bonchev–Trinajstić information content (AvgIpc) is 2.82. The van der Waals surface area contributed by atoms with Crippen LogP contribution in [0.2, 0.25) is 0 Å². The molecule has 0 bridgehead atoms. The summed E-state index contributed by atoms with van der Waals surface area (Å²) >= 11 is 1.52. The minimum absolute atomic E-state index is 0.00232. The lowest BCUT2D eigenvalue weighted by Crippen LogP contribution is -2.39. The van der Waals surface area contributed by atoms with E-state index in [2.05, 4.69) is 4.98 Å². The van der Waals surface area contributed by atoms with Gasteiger partial charge in [0, 0.05) is 13.1 Å². The molecular weight excluding hydrogens is 274 g/mol. The Morgan fingerprint density at radius 2 is 2.15 bits per heavy atom. The number of nitrogens with zero attached hydrogens (tertiary/aromatic N) is 3. The fraction of sp³-hybridized carbons (Fsp3) is 0.429. The van der Waals surface area contributed by atoms with Gasteiger partial charge in [0.15, 0.2) is 5.13 Å². The molecule has 0 saturated heterocycles. The standard InChI is InChI=1S/C14H19N3O2S/c1-3-17(13(19)10-16(2)8-9-18)14-15-11-6-4-5-7-12(11)20-14/h4-7,18H,3,8-10H2,1-2H3. The Morgan fingerprint density at radius 1 is 1.40 bits per heavy atom. The number of rotatable bonds is 6. The molecule has 5 nitrogen and oxygen atoms in total. The molecule has 0 radical (unpaired) electrons. The van der Waals surface area contributed by atoms with Crippen LogP contribution in [0, 0.1) is 0 Å². The molecule has 6 heteroatoms. The van der Waals surface area contributed by atoms with Crippen molar-refractivity contribution >= 4 is 32.6 Å². The number of para-hydroxylation sites is 1. The molecule has 0 atom stereocenters. The maximum absolute atomic E-state index is 12.3. The number of aliphatic hydroxyl groups is 1. The first-order valence-corrected chi connectivity index (χ1v) is 7.42. The van der Waals surface area contributed by atoms with E-state index < -0.39 is 0 Å². The Balaban J connectivity index is 2.16. The first-order valence-electron chi connectivity index (χ1n) is 6.61. The summed E-state index contributed by atoms with van der Waals surface area (Å²) in [6.45, 7) is 3.35. The van der Waals surface area contributed by atoms with Crippen molar-refractivity contribution in [1.29, 1.82) is 0 Å². The van der Waals surface area contributed by atoms with Gasteiger partial charge in [-0.2, -0.15) is 0 Å². The summed E-state index contributed by atoms with van der Waals surface area (Å²) in [6.07, 6.45) is 0. The Morgan fingerprint density at radius 3 is 2.80 bits per heavy atom. The number of benzene rings is 1. The molecular formula is C14H19N3O2S. The summed E-state index contributed by atoms with van der Waals surface area (Å²) in [5.74, 6) is 0.00232. The lowest BCUT2D eigenvalue weighted by molar-refractivity contribution is -0.119. The van der Waals surface area contributed by atoms with Crippen LogP contribution in [0.3, 0.4) is 0 Å². The van der Waals surface area contributed by atoms with E-state index in [-0.39, 0.29) is 19.1 Å². The average molecular weight is 293 g/mol. The van der Waals surface area contributed by atoms with Crippen molar-refractivity contribution in [3.8, 4) is 0 Å². The van der Waals surface area contributed by atoms with Crippen LogP contribution in [0.1, 0.15) is 6.92 Å². The normalized spacial score (nSPS) is 11.2.